The number of hydrogen-bond acceptors (Lipinski definition) is 20. The molecule has 11 rings (SSSR count). The van der Waals surface area contributed by atoms with Gasteiger partial charge in [-0.3, -0.25) is 57.5 Å². The Morgan fingerprint density at radius 2 is 0.720 bits per heavy atom. The standard InChI is InChI=1S/C22H24N2O3.C20H23NO4.C19H21NO3.C16H21NO3.C15H21NO4.C13H17NO3/c1-14-6-8-15(9-7-14)10-16(22(26)27)12-21(25)19(23)11-17-13-24-20-5-3-2-4-18(17)20;1-13-3-2-4-15(9-13)10-16(20(24)25)12-19(23)18(21)11-14-5-7-17(22)8-6-14;1-13-6-5-7-14(10-13)11-16(19(22)23)12-17(21)18(20)15-8-3-2-4-9-15;1-11-4-6-12(7-5-11)9-13(16(19)20)10-15(18)14-3-2-8-17-14;1-9-3-5-11(6-4-9)7-12(15(19)20)8-13(18)14(16)10(2)17;1-9-2-4-10(5-3-9)6-11(13(16)17)7-12(15)8-14/h2-9,13,16,19,24H,10-12,23H2,1H3,(H,26,27);2-9,16,18,22H,10-12,21H2,1H3,(H,24,25);2-10,16,18H,11-12,20H2,1H3,(H,22,23);4-7,13-14,17H,2-3,8-10H2,1H3,(H,19,20);3-6,10,12,14,17H,7-8,16H2,1-2H3,(H,19,20);2-5,11H,6-8,14H2,1H3,(H,16,17)/t16?,19-;2*16?,18-;13?,14-;10-,12?,14+;/m00001./s1. The number of aliphatic carboxylic acids is 6. The highest BCUT2D eigenvalue weighted by atomic mass is 16.4. The number of benzene rings is 9. The van der Waals surface area contributed by atoms with Crippen molar-refractivity contribution < 1.29 is 98.4 Å². The molecule has 1 aliphatic rings. The van der Waals surface area contributed by atoms with Crippen molar-refractivity contribution in [3.63, 3.8) is 0 Å². The van der Waals surface area contributed by atoms with E-state index in [2.05, 4.69) is 10.3 Å². The van der Waals surface area contributed by atoms with E-state index in [-0.39, 0.29) is 92.2 Å². The summed E-state index contributed by atoms with van der Waals surface area (Å²) in [4.78, 5) is 144. The Morgan fingerprint density at radius 1 is 0.371 bits per heavy atom. The molecule has 6 unspecified atom stereocenters. The van der Waals surface area contributed by atoms with Gasteiger partial charge in [0.15, 0.2) is 28.9 Å². The third kappa shape index (κ3) is 38.5. The first-order chi connectivity index (χ1) is 62.6. The molecule has 0 aliphatic carbocycles. The Hall–Kier alpha value is -13.1. The number of ketones is 6. The van der Waals surface area contributed by atoms with E-state index >= 15 is 0 Å². The molecule has 0 radical (unpaired) electrons. The number of carbonyl (C=O) groups is 12. The third-order valence-electron chi connectivity index (χ3n) is 22.8. The van der Waals surface area contributed by atoms with Gasteiger partial charge in [0.05, 0.1) is 78.4 Å². The van der Waals surface area contributed by atoms with Gasteiger partial charge < -0.3 is 79.8 Å². The van der Waals surface area contributed by atoms with Crippen LogP contribution in [0.1, 0.15) is 148 Å². The van der Waals surface area contributed by atoms with E-state index in [0.717, 1.165) is 108 Å². The highest BCUT2D eigenvalue weighted by Crippen LogP contribution is 2.26. The lowest BCUT2D eigenvalue weighted by atomic mass is 9.90. The van der Waals surface area contributed by atoms with Crippen molar-refractivity contribution in [2.45, 2.75) is 188 Å². The Labute approximate surface area is 770 Å². The molecule has 0 bridgehead atoms. The molecule has 0 amide bonds. The largest absolute Gasteiger partial charge is 0.508 e. The number of aliphatic hydroxyl groups is 1. The fraction of sp³-hybridized carbons (Fsp3) is 0.352. The lowest BCUT2D eigenvalue weighted by Crippen LogP contribution is -2.41. The maximum atomic E-state index is 12.6. The fourth-order valence-electron chi connectivity index (χ4n) is 14.8. The number of fused-ring (bicyclic) bond motifs is 1. The summed E-state index contributed by atoms with van der Waals surface area (Å²) in [5.41, 5.74) is 44.3. The van der Waals surface area contributed by atoms with Crippen LogP contribution in [0.5, 0.6) is 5.75 Å². The molecule has 27 heteroatoms. The number of nitrogens with one attached hydrogen (secondary N) is 2. The van der Waals surface area contributed by atoms with E-state index in [1.54, 1.807) is 24.3 Å². The molecule has 0 saturated carbocycles. The van der Waals surface area contributed by atoms with Crippen LogP contribution in [0.2, 0.25) is 0 Å². The maximum Gasteiger partial charge on any atom is 0.307 e. The number of phenols is 1. The smallest absolute Gasteiger partial charge is 0.307 e. The van der Waals surface area contributed by atoms with Crippen LogP contribution in [0.25, 0.3) is 10.9 Å². The number of phenolic OH excluding ortho intramolecular Hbond substituents is 1. The summed E-state index contributed by atoms with van der Waals surface area (Å²) in [6.45, 7) is 14.0. The number of carboxylic acid groups (broad SMARTS) is 6. The Balaban J connectivity index is 0.000000245. The van der Waals surface area contributed by atoms with Crippen LogP contribution in [-0.4, -0.2) is 160 Å². The molecular weight excluding hydrogens is 1680 g/mol. The minimum atomic E-state index is -1.03. The van der Waals surface area contributed by atoms with Gasteiger partial charge in [-0.05, 0) is 187 Å². The van der Waals surface area contributed by atoms with Gasteiger partial charge in [0.25, 0.3) is 0 Å². The summed E-state index contributed by atoms with van der Waals surface area (Å²) in [6.07, 6.45) is 5.11. The van der Waals surface area contributed by atoms with Crippen molar-refractivity contribution in [2.75, 3.05) is 13.1 Å². The predicted octanol–water partition coefficient (Wildman–Crippen LogP) is 12.6. The van der Waals surface area contributed by atoms with Crippen LogP contribution in [0.3, 0.4) is 0 Å². The number of rotatable bonds is 42. The Morgan fingerprint density at radius 3 is 1.10 bits per heavy atom. The molecule has 12 atom stereocenters. The molecule has 2 heterocycles. The lowest BCUT2D eigenvalue weighted by Gasteiger charge is -2.17. The number of aromatic nitrogens is 1. The van der Waals surface area contributed by atoms with E-state index in [1.807, 2.05) is 236 Å². The summed E-state index contributed by atoms with van der Waals surface area (Å²) in [5.74, 6) is -11.5. The predicted molar refractivity (Wildman–Crippen MR) is 507 cm³/mol. The van der Waals surface area contributed by atoms with Crippen molar-refractivity contribution in [1.82, 2.24) is 10.3 Å². The molecule has 9 aromatic carbocycles. The Kier molecular flexibility index (Phi) is 45.0. The average Bonchev–Trinajstić information content (AvgIpc) is 1.68. The number of carbonyl (C=O) groups excluding carboxylic acids is 6. The van der Waals surface area contributed by atoms with Crippen molar-refractivity contribution in [2.24, 2.45) is 64.2 Å². The molecule has 27 nitrogen and oxygen atoms in total. The first kappa shape index (κ1) is 108. The number of para-hydroxylation sites is 1. The second-order valence-corrected chi connectivity index (χ2v) is 34.1. The number of nitrogens with two attached hydrogens (primary N) is 5. The molecule has 132 heavy (non-hydrogen) atoms. The molecule has 1 aromatic heterocycles. The van der Waals surface area contributed by atoms with Crippen LogP contribution < -0.4 is 34.0 Å². The second-order valence-electron chi connectivity index (χ2n) is 34.1. The minimum absolute atomic E-state index is 0.000288. The number of hydrogen-bond donors (Lipinski definition) is 15. The van der Waals surface area contributed by atoms with Crippen molar-refractivity contribution >= 4 is 81.4 Å². The number of H-pyrrole nitrogens is 1. The molecule has 0 spiro atoms. The van der Waals surface area contributed by atoms with Gasteiger partial charge in [0.1, 0.15) is 11.5 Å². The molecule has 20 N–H and O–H groups in total. The van der Waals surface area contributed by atoms with E-state index in [1.165, 1.54) is 19.1 Å². The normalized spacial score (nSPS) is 14.4. The lowest BCUT2D eigenvalue weighted by molar-refractivity contribution is -0.144. The quantitative estimate of drug-likeness (QED) is 0.0169. The highest BCUT2D eigenvalue weighted by Gasteiger charge is 2.32. The van der Waals surface area contributed by atoms with E-state index in [4.69, 9.17) is 33.8 Å². The zero-order chi connectivity index (χ0) is 97.3. The molecule has 10 aromatic rings. The maximum absolute atomic E-state index is 12.6. The first-order valence-corrected chi connectivity index (χ1v) is 44.0. The van der Waals surface area contributed by atoms with Crippen LogP contribution in [0.4, 0.5) is 0 Å². The number of aromatic hydroxyl groups is 1. The van der Waals surface area contributed by atoms with E-state index in [9.17, 15) is 93.3 Å². The fourth-order valence-corrected chi connectivity index (χ4v) is 14.8. The second kappa shape index (κ2) is 55.1. The number of aryl methyl sites for hydroxylation is 6. The summed E-state index contributed by atoms with van der Waals surface area (Å²) in [7, 11) is 0. The number of Topliss-reactive ketones (excluding diaryl/α,β-unsaturated/α-hetero) is 6. The molecule has 702 valence electrons. The summed E-state index contributed by atoms with van der Waals surface area (Å²) >= 11 is 0. The number of aliphatic hydroxyl groups excluding tert-OH is 1. The number of aromatic amines is 1. The van der Waals surface area contributed by atoms with E-state index < -0.39 is 107 Å². The van der Waals surface area contributed by atoms with Crippen LogP contribution in [-0.2, 0) is 109 Å². The van der Waals surface area contributed by atoms with Crippen molar-refractivity contribution in [3.05, 3.63) is 314 Å². The van der Waals surface area contributed by atoms with Crippen LogP contribution in [0, 0.1) is 77.0 Å². The van der Waals surface area contributed by atoms with Gasteiger partial charge in [-0.1, -0.05) is 240 Å². The van der Waals surface area contributed by atoms with Gasteiger partial charge in [-0.25, -0.2) is 0 Å². The van der Waals surface area contributed by atoms with Gasteiger partial charge in [0, 0.05) is 55.6 Å². The molecular formula is C105H127N7O20. The third-order valence-corrected chi connectivity index (χ3v) is 22.8. The summed E-state index contributed by atoms with van der Waals surface area (Å²) in [6, 6.07) is 65.8. The van der Waals surface area contributed by atoms with Gasteiger partial charge in [-0.15, -0.1) is 0 Å². The van der Waals surface area contributed by atoms with Crippen molar-refractivity contribution in [1.29, 1.82) is 0 Å². The van der Waals surface area contributed by atoms with Crippen LogP contribution in [0.15, 0.2) is 231 Å². The topological polar surface area (TPSA) is 525 Å². The minimum Gasteiger partial charge on any atom is -0.508 e. The highest BCUT2D eigenvalue weighted by molar-refractivity contribution is 5.92. The molecule has 1 saturated heterocycles. The number of carboxylic acids is 6. The SMILES string of the molecule is Cc1ccc(CC(CC(=O)CN)C(=O)O)cc1.Cc1ccc(CC(CC(=O)[C@@H](N)Cc2c[nH]c3ccccc23)C(=O)O)cc1.Cc1ccc(CC(CC(=O)[C@@H](N)[C@@H](C)O)C(=O)O)cc1.Cc1ccc(CC(CC(=O)[C@@H]2CCCN2)C(=O)O)cc1.Cc1cccc(CC(CC(=O)[C@@H](N)Cc2ccc(O)cc2)C(=O)O)c1.Cc1cccc(CC(CC(=O)[C@@H](N)c2ccccc2)C(=O)O)c1. The Bertz CT molecular complexity index is 5330. The monoisotopic (exact) mass is 1810 g/mol. The zero-order valence-corrected chi connectivity index (χ0v) is 76.0. The van der Waals surface area contributed by atoms with Gasteiger partial charge in [0.2, 0.25) is 0 Å². The molecule has 1 aliphatic heterocycles. The summed E-state index contributed by atoms with van der Waals surface area (Å²) < 4.78 is 0. The van der Waals surface area contributed by atoms with E-state index in [0.29, 0.717) is 50.5 Å². The van der Waals surface area contributed by atoms with Crippen molar-refractivity contribution in [3.8, 4) is 5.75 Å². The summed E-state index contributed by atoms with van der Waals surface area (Å²) in [5, 5.41) is 78.6. The van der Waals surface area contributed by atoms with Gasteiger partial charge in [-0.2, -0.15) is 0 Å². The van der Waals surface area contributed by atoms with Gasteiger partial charge >= 0.3 is 35.8 Å². The first-order valence-electron chi connectivity index (χ1n) is 44.0. The average molecular weight is 1810 g/mol. The van der Waals surface area contributed by atoms with Crippen LogP contribution >= 0.6 is 0 Å². The zero-order valence-electron chi connectivity index (χ0n) is 76.0. The molecule has 1 fully saturated rings.